The Morgan fingerprint density at radius 1 is 1.05 bits per heavy atom. The van der Waals surface area contributed by atoms with E-state index in [0.29, 0.717) is 16.0 Å². The molecule has 19 heavy (non-hydrogen) atoms. The van der Waals surface area contributed by atoms with Crippen molar-refractivity contribution in [3.63, 3.8) is 0 Å². The molecule has 0 saturated carbocycles. The van der Waals surface area contributed by atoms with Crippen LogP contribution >= 0.6 is 11.6 Å². The van der Waals surface area contributed by atoms with E-state index >= 15 is 0 Å². The fourth-order valence-corrected chi connectivity index (χ4v) is 2.51. The van der Waals surface area contributed by atoms with E-state index in [1.54, 1.807) is 12.1 Å². The molecule has 0 spiro atoms. The van der Waals surface area contributed by atoms with Gasteiger partial charge in [0.15, 0.2) is 5.43 Å². The van der Waals surface area contributed by atoms with Crippen LogP contribution in [-0.2, 0) is 0 Å². The zero-order valence-corrected chi connectivity index (χ0v) is 11.2. The number of aryl methyl sites for hydroxylation is 1. The Bertz CT molecular complexity index is 806. The molecule has 3 heteroatoms. The zero-order valence-electron chi connectivity index (χ0n) is 10.4. The predicted octanol–water partition coefficient (Wildman–Crippen LogP) is 4.16. The second-order valence-electron chi connectivity index (χ2n) is 4.51. The molecule has 2 nitrogen and oxygen atoms in total. The first-order valence-corrected chi connectivity index (χ1v) is 6.42. The largest absolute Gasteiger partial charge is 0.358 e. The first-order chi connectivity index (χ1) is 9.16. The topological polar surface area (TPSA) is 32.9 Å². The Morgan fingerprint density at radius 2 is 1.79 bits per heavy atom. The van der Waals surface area contributed by atoms with Crippen LogP contribution in [0.15, 0.2) is 53.3 Å². The minimum atomic E-state index is 0.0138. The van der Waals surface area contributed by atoms with Crippen LogP contribution in [0.1, 0.15) is 5.69 Å². The number of rotatable bonds is 1. The zero-order chi connectivity index (χ0) is 13.4. The van der Waals surface area contributed by atoms with Gasteiger partial charge in [-0.15, -0.1) is 0 Å². The third-order valence-electron chi connectivity index (χ3n) is 3.21. The summed E-state index contributed by atoms with van der Waals surface area (Å²) in [4.78, 5) is 15.9. The van der Waals surface area contributed by atoms with Crippen molar-refractivity contribution in [3.8, 4) is 11.1 Å². The molecule has 0 atom stereocenters. The van der Waals surface area contributed by atoms with Gasteiger partial charge in [0.1, 0.15) is 0 Å². The maximum absolute atomic E-state index is 12.6. The molecule has 2 aromatic carbocycles. The fourth-order valence-electron chi connectivity index (χ4n) is 2.34. The molecule has 0 bridgehead atoms. The molecule has 0 saturated heterocycles. The van der Waals surface area contributed by atoms with Gasteiger partial charge < -0.3 is 4.98 Å². The molecular formula is C16H12ClNO. The summed E-state index contributed by atoms with van der Waals surface area (Å²) in [6.45, 7) is 1.91. The normalized spacial score (nSPS) is 10.8. The molecule has 3 rings (SSSR count). The van der Waals surface area contributed by atoms with Crippen molar-refractivity contribution in [2.75, 3.05) is 0 Å². The van der Waals surface area contributed by atoms with Crippen molar-refractivity contribution in [1.82, 2.24) is 4.98 Å². The minimum absolute atomic E-state index is 0.0138. The minimum Gasteiger partial charge on any atom is -0.358 e. The van der Waals surface area contributed by atoms with Crippen molar-refractivity contribution in [2.24, 2.45) is 0 Å². The molecule has 94 valence electrons. The summed E-state index contributed by atoms with van der Waals surface area (Å²) in [7, 11) is 0. The number of fused-ring (bicyclic) bond motifs is 1. The maximum Gasteiger partial charge on any atom is 0.197 e. The van der Waals surface area contributed by atoms with Crippen LogP contribution in [0.5, 0.6) is 0 Å². The van der Waals surface area contributed by atoms with Crippen LogP contribution in [-0.4, -0.2) is 4.98 Å². The van der Waals surface area contributed by atoms with Crippen LogP contribution in [0.4, 0.5) is 0 Å². The summed E-state index contributed by atoms with van der Waals surface area (Å²) in [5.74, 6) is 0. The summed E-state index contributed by atoms with van der Waals surface area (Å²) in [5, 5.41) is 1.19. The first-order valence-electron chi connectivity index (χ1n) is 6.04. The summed E-state index contributed by atoms with van der Waals surface area (Å²) in [6, 6.07) is 15.0. The van der Waals surface area contributed by atoms with Crippen molar-refractivity contribution in [2.45, 2.75) is 6.92 Å². The predicted molar refractivity (Wildman–Crippen MR) is 79.8 cm³/mol. The molecule has 0 fully saturated rings. The molecule has 3 aromatic rings. The standard InChI is InChI=1S/C16H12ClNO/c1-10-15(11-5-3-2-4-6-11)16(19)13-9-12(17)7-8-14(13)18-10/h2-9H,1H3,(H,18,19). The number of pyridine rings is 1. The first kappa shape index (κ1) is 12.0. The number of hydrogen-bond donors (Lipinski definition) is 1. The maximum atomic E-state index is 12.6. The molecule has 0 aliphatic carbocycles. The Morgan fingerprint density at radius 3 is 2.53 bits per heavy atom. The van der Waals surface area contributed by atoms with E-state index in [9.17, 15) is 4.79 Å². The molecule has 0 aliphatic heterocycles. The van der Waals surface area contributed by atoms with E-state index in [1.165, 1.54) is 0 Å². The van der Waals surface area contributed by atoms with E-state index in [0.717, 1.165) is 16.8 Å². The van der Waals surface area contributed by atoms with Crippen LogP contribution in [0, 0.1) is 6.92 Å². The van der Waals surface area contributed by atoms with Crippen molar-refractivity contribution in [1.29, 1.82) is 0 Å². The quantitative estimate of drug-likeness (QED) is 0.707. The molecule has 0 amide bonds. The Kier molecular flexibility index (Phi) is 2.88. The van der Waals surface area contributed by atoms with Gasteiger partial charge in [-0.3, -0.25) is 4.79 Å². The van der Waals surface area contributed by atoms with E-state index in [2.05, 4.69) is 4.98 Å². The van der Waals surface area contributed by atoms with Gasteiger partial charge in [-0.2, -0.15) is 0 Å². The molecule has 1 N–H and O–H groups in total. The lowest BCUT2D eigenvalue weighted by Crippen LogP contribution is -2.09. The number of aromatic amines is 1. The number of nitrogens with one attached hydrogen (secondary N) is 1. The molecular weight excluding hydrogens is 258 g/mol. The Labute approximate surface area is 115 Å². The lowest BCUT2D eigenvalue weighted by Gasteiger charge is -2.08. The number of H-pyrrole nitrogens is 1. The second-order valence-corrected chi connectivity index (χ2v) is 4.95. The van der Waals surface area contributed by atoms with Crippen LogP contribution in [0.25, 0.3) is 22.0 Å². The molecule has 1 aromatic heterocycles. The monoisotopic (exact) mass is 269 g/mol. The van der Waals surface area contributed by atoms with Crippen molar-refractivity contribution in [3.05, 3.63) is 69.5 Å². The Hall–Kier alpha value is -2.06. The van der Waals surface area contributed by atoms with Crippen molar-refractivity contribution < 1.29 is 0 Å². The number of aromatic nitrogens is 1. The van der Waals surface area contributed by atoms with Gasteiger partial charge in [-0.25, -0.2) is 0 Å². The summed E-state index contributed by atoms with van der Waals surface area (Å²) in [6.07, 6.45) is 0. The highest BCUT2D eigenvalue weighted by Crippen LogP contribution is 2.22. The highest BCUT2D eigenvalue weighted by Gasteiger charge is 2.11. The fraction of sp³-hybridized carbons (Fsp3) is 0.0625. The summed E-state index contributed by atoms with van der Waals surface area (Å²) < 4.78 is 0. The van der Waals surface area contributed by atoms with Gasteiger partial charge in [0, 0.05) is 27.2 Å². The SMILES string of the molecule is Cc1[nH]c2ccc(Cl)cc2c(=O)c1-c1ccccc1. The van der Waals surface area contributed by atoms with Gasteiger partial charge in [-0.1, -0.05) is 41.9 Å². The van der Waals surface area contributed by atoms with Crippen LogP contribution in [0.3, 0.4) is 0 Å². The molecule has 0 unspecified atom stereocenters. The second kappa shape index (κ2) is 4.56. The van der Waals surface area contributed by atoms with Crippen LogP contribution in [0.2, 0.25) is 5.02 Å². The van der Waals surface area contributed by atoms with E-state index in [4.69, 9.17) is 11.6 Å². The third kappa shape index (κ3) is 2.04. The van der Waals surface area contributed by atoms with E-state index in [-0.39, 0.29) is 5.43 Å². The highest BCUT2D eigenvalue weighted by molar-refractivity contribution is 6.31. The number of hydrogen-bond acceptors (Lipinski definition) is 1. The van der Waals surface area contributed by atoms with E-state index < -0.39 is 0 Å². The van der Waals surface area contributed by atoms with Gasteiger partial charge in [0.25, 0.3) is 0 Å². The Balaban J connectivity index is 2.41. The average molecular weight is 270 g/mol. The average Bonchev–Trinajstić information content (AvgIpc) is 2.41. The van der Waals surface area contributed by atoms with E-state index in [1.807, 2.05) is 43.3 Å². The smallest absolute Gasteiger partial charge is 0.197 e. The summed E-state index contributed by atoms with van der Waals surface area (Å²) >= 11 is 5.98. The molecule has 0 aliphatic rings. The number of halogens is 1. The highest BCUT2D eigenvalue weighted by atomic mass is 35.5. The van der Waals surface area contributed by atoms with Gasteiger partial charge >= 0.3 is 0 Å². The van der Waals surface area contributed by atoms with Gasteiger partial charge in [-0.05, 0) is 30.7 Å². The van der Waals surface area contributed by atoms with Crippen molar-refractivity contribution >= 4 is 22.5 Å². The number of benzene rings is 2. The summed E-state index contributed by atoms with van der Waals surface area (Å²) in [5.41, 5.74) is 3.32. The van der Waals surface area contributed by atoms with Gasteiger partial charge in [0.2, 0.25) is 0 Å². The molecule has 1 heterocycles. The van der Waals surface area contributed by atoms with Gasteiger partial charge in [0.05, 0.1) is 0 Å². The lowest BCUT2D eigenvalue weighted by atomic mass is 10.0. The third-order valence-corrected chi connectivity index (χ3v) is 3.45. The molecule has 0 radical (unpaired) electrons. The van der Waals surface area contributed by atoms with Crippen LogP contribution < -0.4 is 5.43 Å². The lowest BCUT2D eigenvalue weighted by molar-refractivity contribution is 1.24.